The predicted molar refractivity (Wildman–Crippen MR) is 61.8 cm³/mol. The zero-order chi connectivity index (χ0) is 12.4. The van der Waals surface area contributed by atoms with Crippen LogP contribution in [0.15, 0.2) is 22.7 Å². The Kier molecular flexibility index (Phi) is 3.23. The Balaban J connectivity index is 2.11. The number of aromatic nitrogens is 3. The van der Waals surface area contributed by atoms with E-state index in [1.807, 2.05) is 6.92 Å². The van der Waals surface area contributed by atoms with Gasteiger partial charge in [-0.1, -0.05) is 21.1 Å². The largest absolute Gasteiger partial charge is 0.433 e. The van der Waals surface area contributed by atoms with E-state index in [0.29, 0.717) is 12.3 Å². The van der Waals surface area contributed by atoms with Crippen molar-refractivity contribution >= 4 is 21.8 Å². The zero-order valence-electron chi connectivity index (χ0n) is 8.91. The number of halogens is 1. The van der Waals surface area contributed by atoms with Crippen molar-refractivity contribution in [1.82, 2.24) is 15.0 Å². The lowest BCUT2D eigenvalue weighted by atomic mass is 10.4. The van der Waals surface area contributed by atoms with E-state index in [1.165, 1.54) is 6.07 Å². The maximum Gasteiger partial charge on any atom is 0.433 e. The van der Waals surface area contributed by atoms with Crippen LogP contribution in [0.5, 0.6) is 0 Å². The molecule has 0 aliphatic rings. The van der Waals surface area contributed by atoms with Gasteiger partial charge in [-0.05, 0) is 13.0 Å². The maximum absolute atomic E-state index is 10.4. The summed E-state index contributed by atoms with van der Waals surface area (Å²) in [4.78, 5) is 9.97. The Morgan fingerprint density at radius 3 is 2.94 bits per heavy atom. The van der Waals surface area contributed by atoms with Crippen molar-refractivity contribution in [2.75, 3.05) is 0 Å². The van der Waals surface area contributed by atoms with E-state index in [2.05, 4.69) is 26.2 Å². The summed E-state index contributed by atoms with van der Waals surface area (Å²) >= 11 is 3.38. The van der Waals surface area contributed by atoms with Crippen LogP contribution >= 0.6 is 15.9 Å². The fourth-order valence-corrected chi connectivity index (χ4v) is 1.49. The summed E-state index contributed by atoms with van der Waals surface area (Å²) < 4.78 is 6.58. The third-order valence-electron chi connectivity index (χ3n) is 2.11. The van der Waals surface area contributed by atoms with Crippen molar-refractivity contribution in [3.05, 3.63) is 39.9 Å². The Morgan fingerprint density at radius 2 is 2.41 bits per heavy atom. The van der Waals surface area contributed by atoms with E-state index in [4.69, 9.17) is 4.42 Å². The molecule has 0 saturated carbocycles. The number of nitro groups is 1. The summed E-state index contributed by atoms with van der Waals surface area (Å²) in [6.07, 6.45) is 1.76. The quantitative estimate of drug-likeness (QED) is 0.491. The second-order valence-corrected chi connectivity index (χ2v) is 4.83. The molecule has 0 aliphatic carbocycles. The van der Waals surface area contributed by atoms with E-state index >= 15 is 0 Å². The van der Waals surface area contributed by atoms with Crippen LogP contribution in [0.3, 0.4) is 0 Å². The van der Waals surface area contributed by atoms with Crippen molar-refractivity contribution in [2.24, 2.45) is 0 Å². The molecule has 1 unspecified atom stereocenters. The highest BCUT2D eigenvalue weighted by Gasteiger charge is 2.13. The maximum atomic E-state index is 10.4. The van der Waals surface area contributed by atoms with Gasteiger partial charge in [0, 0.05) is 0 Å². The molecule has 90 valence electrons. The Bertz CT molecular complexity index is 534. The number of rotatable bonds is 4. The molecule has 0 aromatic carbocycles. The second-order valence-electron chi connectivity index (χ2n) is 3.45. The summed E-state index contributed by atoms with van der Waals surface area (Å²) in [5, 5.41) is 18.3. The first-order valence-corrected chi connectivity index (χ1v) is 5.75. The topological polar surface area (TPSA) is 87.0 Å². The molecule has 1 atom stereocenters. The van der Waals surface area contributed by atoms with Gasteiger partial charge in [0.25, 0.3) is 0 Å². The van der Waals surface area contributed by atoms with Crippen LogP contribution in [0.4, 0.5) is 5.88 Å². The summed E-state index contributed by atoms with van der Waals surface area (Å²) in [5.41, 5.74) is 0.797. The van der Waals surface area contributed by atoms with Crippen LogP contribution in [-0.2, 0) is 6.54 Å². The average Bonchev–Trinajstić information content (AvgIpc) is 2.87. The van der Waals surface area contributed by atoms with Crippen molar-refractivity contribution in [3.63, 3.8) is 0 Å². The molecule has 0 N–H and O–H groups in total. The molecular formula is C9H9BrN4O3. The first-order chi connectivity index (χ1) is 8.06. The molecule has 0 radical (unpaired) electrons. The van der Waals surface area contributed by atoms with E-state index < -0.39 is 4.92 Å². The minimum atomic E-state index is -0.573. The van der Waals surface area contributed by atoms with Gasteiger partial charge < -0.3 is 4.42 Å². The number of furan rings is 1. The molecule has 0 spiro atoms. The van der Waals surface area contributed by atoms with Gasteiger partial charge >= 0.3 is 5.88 Å². The standard InChI is InChI=1S/C9H9BrN4O3/c1-6(10)8-5-13(12-11-8)4-7-2-3-9(17-7)14(15)16/h2-3,5-6H,4H2,1H3. The number of hydrogen-bond acceptors (Lipinski definition) is 5. The SMILES string of the molecule is CC(Br)c1cn(Cc2ccc([N+](=O)[O-])o2)nn1. The summed E-state index contributed by atoms with van der Waals surface area (Å²) in [5.74, 6) is 0.199. The summed E-state index contributed by atoms with van der Waals surface area (Å²) in [6, 6.07) is 2.87. The molecule has 8 heteroatoms. The average molecular weight is 301 g/mol. The van der Waals surface area contributed by atoms with Gasteiger partial charge in [0.15, 0.2) is 0 Å². The van der Waals surface area contributed by atoms with Gasteiger partial charge in [0.2, 0.25) is 0 Å². The smallest absolute Gasteiger partial charge is 0.404 e. The highest BCUT2D eigenvalue weighted by atomic mass is 79.9. The molecule has 2 rings (SSSR count). The van der Waals surface area contributed by atoms with E-state index in [-0.39, 0.29) is 10.7 Å². The fourth-order valence-electron chi connectivity index (χ4n) is 1.28. The monoisotopic (exact) mass is 300 g/mol. The second kappa shape index (κ2) is 4.66. The number of alkyl halides is 1. The van der Waals surface area contributed by atoms with Gasteiger partial charge in [0.1, 0.15) is 17.2 Å². The van der Waals surface area contributed by atoms with Crippen LogP contribution in [0.2, 0.25) is 0 Å². The van der Waals surface area contributed by atoms with Gasteiger partial charge in [-0.15, -0.1) is 5.10 Å². The van der Waals surface area contributed by atoms with Gasteiger partial charge in [0.05, 0.1) is 22.8 Å². The highest BCUT2D eigenvalue weighted by Crippen LogP contribution is 2.19. The lowest BCUT2D eigenvalue weighted by Gasteiger charge is -1.95. The minimum Gasteiger partial charge on any atom is -0.404 e. The van der Waals surface area contributed by atoms with Crippen LogP contribution < -0.4 is 0 Å². The van der Waals surface area contributed by atoms with E-state index in [1.54, 1.807) is 16.9 Å². The number of hydrogen-bond donors (Lipinski definition) is 0. The summed E-state index contributed by atoms with van der Waals surface area (Å²) in [6.45, 7) is 2.26. The molecule has 2 aromatic rings. The molecular weight excluding hydrogens is 292 g/mol. The molecule has 0 aliphatic heterocycles. The van der Waals surface area contributed by atoms with Gasteiger partial charge in [-0.3, -0.25) is 10.1 Å². The predicted octanol–water partition coefficient (Wildman–Crippen LogP) is 2.28. The van der Waals surface area contributed by atoms with Gasteiger partial charge in [-0.2, -0.15) is 0 Å². The van der Waals surface area contributed by atoms with Crippen molar-refractivity contribution < 1.29 is 9.34 Å². The minimum absolute atomic E-state index is 0.113. The molecule has 2 heterocycles. The third kappa shape index (κ3) is 2.70. The highest BCUT2D eigenvalue weighted by molar-refractivity contribution is 9.09. The molecule has 0 saturated heterocycles. The van der Waals surface area contributed by atoms with E-state index in [0.717, 1.165) is 5.69 Å². The lowest BCUT2D eigenvalue weighted by molar-refractivity contribution is -0.402. The van der Waals surface area contributed by atoms with Gasteiger partial charge in [-0.25, -0.2) is 4.68 Å². The van der Waals surface area contributed by atoms with Crippen LogP contribution in [0.1, 0.15) is 23.2 Å². The Morgan fingerprint density at radius 1 is 1.65 bits per heavy atom. The molecule has 0 bridgehead atoms. The molecule has 0 amide bonds. The molecule has 0 fully saturated rings. The van der Waals surface area contributed by atoms with Crippen molar-refractivity contribution in [2.45, 2.75) is 18.3 Å². The Labute approximate surface area is 105 Å². The Hall–Kier alpha value is -1.70. The van der Waals surface area contributed by atoms with Crippen molar-refractivity contribution in [3.8, 4) is 0 Å². The zero-order valence-corrected chi connectivity index (χ0v) is 10.5. The summed E-state index contributed by atoms with van der Waals surface area (Å²) in [7, 11) is 0. The van der Waals surface area contributed by atoms with Crippen LogP contribution in [0.25, 0.3) is 0 Å². The molecule has 17 heavy (non-hydrogen) atoms. The lowest BCUT2D eigenvalue weighted by Crippen LogP contribution is -1.99. The molecule has 2 aromatic heterocycles. The van der Waals surface area contributed by atoms with Crippen molar-refractivity contribution in [1.29, 1.82) is 0 Å². The van der Waals surface area contributed by atoms with Crippen LogP contribution in [-0.4, -0.2) is 19.9 Å². The normalized spacial score (nSPS) is 12.6. The first kappa shape index (κ1) is 11.8. The first-order valence-electron chi connectivity index (χ1n) is 4.83. The van der Waals surface area contributed by atoms with Crippen LogP contribution in [0, 0.1) is 10.1 Å². The number of nitrogens with zero attached hydrogens (tertiary/aromatic N) is 4. The molecule has 7 nitrogen and oxygen atoms in total. The van der Waals surface area contributed by atoms with E-state index in [9.17, 15) is 10.1 Å². The third-order valence-corrected chi connectivity index (χ3v) is 2.58. The fraction of sp³-hybridized carbons (Fsp3) is 0.333.